The van der Waals surface area contributed by atoms with Crippen molar-refractivity contribution in [1.29, 1.82) is 0 Å². The lowest BCUT2D eigenvalue weighted by molar-refractivity contribution is -0.605. The number of halogens is 1. The first-order valence-electron chi connectivity index (χ1n) is 9.40. The molecule has 0 aliphatic heterocycles. The molecule has 6 nitrogen and oxygen atoms in total. The Morgan fingerprint density at radius 2 is 1.82 bits per heavy atom. The number of ether oxygens (including phenoxy) is 1. The minimum atomic E-state index is -0.468. The number of nitrogens with one attached hydrogen (secondary N) is 2. The van der Waals surface area contributed by atoms with Crippen molar-refractivity contribution in [2.45, 2.75) is 54.1 Å². The van der Waals surface area contributed by atoms with Crippen molar-refractivity contribution in [2.24, 2.45) is 0 Å². The van der Waals surface area contributed by atoms with Gasteiger partial charge in [-0.3, -0.25) is 10.6 Å². The van der Waals surface area contributed by atoms with E-state index in [0.29, 0.717) is 24.9 Å². The summed E-state index contributed by atoms with van der Waals surface area (Å²) in [6.07, 6.45) is -0.468. The molecule has 0 atom stereocenters. The van der Waals surface area contributed by atoms with Gasteiger partial charge in [0.2, 0.25) is 0 Å². The second-order valence-electron chi connectivity index (χ2n) is 7.12. The van der Waals surface area contributed by atoms with E-state index in [1.807, 2.05) is 17.4 Å². The number of pyridine rings is 1. The van der Waals surface area contributed by atoms with Crippen molar-refractivity contribution < 1.29 is 27.3 Å². The fourth-order valence-electron chi connectivity index (χ4n) is 3.07. The molecule has 1 heterocycles. The number of carbonyl (C=O) groups excluding carboxylic acids is 1. The number of anilines is 2. The van der Waals surface area contributed by atoms with E-state index in [1.54, 1.807) is 6.92 Å². The van der Waals surface area contributed by atoms with Gasteiger partial charge in [-0.05, 0) is 70.4 Å². The Hall–Kier alpha value is -2.31. The number of quaternary nitrogens is 1. The monoisotopic (exact) mass is 406 g/mol. The Kier molecular flexibility index (Phi) is 9.22. The molecule has 0 bridgehead atoms. The SMILES string of the molecule is CCOC(=O)Nc1ccc(NCc2c(C)cc(C)cc2C)nc1[NH2+]C(C)C.[Cl-]. The van der Waals surface area contributed by atoms with Crippen LogP contribution in [0.1, 0.15) is 43.0 Å². The summed E-state index contributed by atoms with van der Waals surface area (Å²) in [6, 6.07) is 8.42. The topological polar surface area (TPSA) is 79.9 Å². The summed E-state index contributed by atoms with van der Waals surface area (Å²) in [5.74, 6) is 1.51. The van der Waals surface area contributed by atoms with Crippen LogP contribution in [0.15, 0.2) is 24.3 Å². The number of carbonyl (C=O) groups is 1. The molecule has 4 N–H and O–H groups in total. The lowest BCUT2D eigenvalue weighted by Gasteiger charge is -2.15. The van der Waals surface area contributed by atoms with Crippen molar-refractivity contribution in [3.05, 3.63) is 46.5 Å². The third kappa shape index (κ3) is 6.69. The highest BCUT2D eigenvalue weighted by Gasteiger charge is 2.15. The zero-order chi connectivity index (χ0) is 20.0. The number of benzene rings is 1. The number of nitrogens with zero attached hydrogens (tertiary/aromatic N) is 1. The second kappa shape index (κ2) is 10.9. The predicted molar refractivity (Wildman–Crippen MR) is 110 cm³/mol. The Labute approximate surface area is 173 Å². The number of hydrogen-bond acceptors (Lipinski definition) is 4. The van der Waals surface area contributed by atoms with E-state index in [-0.39, 0.29) is 12.4 Å². The van der Waals surface area contributed by atoms with E-state index in [4.69, 9.17) is 4.74 Å². The minimum Gasteiger partial charge on any atom is -1.00 e. The fraction of sp³-hybridized carbons (Fsp3) is 0.429. The molecule has 7 heteroatoms. The molecule has 28 heavy (non-hydrogen) atoms. The van der Waals surface area contributed by atoms with Gasteiger partial charge in [0.25, 0.3) is 5.82 Å². The maximum absolute atomic E-state index is 11.8. The summed E-state index contributed by atoms with van der Waals surface area (Å²) in [4.78, 5) is 16.4. The van der Waals surface area contributed by atoms with Gasteiger partial charge < -0.3 is 22.5 Å². The number of aryl methyl sites for hydroxylation is 3. The summed E-state index contributed by atoms with van der Waals surface area (Å²) in [5, 5.41) is 8.19. The summed E-state index contributed by atoms with van der Waals surface area (Å²) in [7, 11) is 0. The zero-order valence-corrected chi connectivity index (χ0v) is 18.3. The highest BCUT2D eigenvalue weighted by molar-refractivity contribution is 5.87. The molecule has 0 saturated heterocycles. The van der Waals surface area contributed by atoms with Gasteiger partial charge in [0.1, 0.15) is 11.5 Å². The van der Waals surface area contributed by atoms with Gasteiger partial charge in [-0.15, -0.1) is 0 Å². The van der Waals surface area contributed by atoms with Crippen LogP contribution in [0.5, 0.6) is 0 Å². The first kappa shape index (κ1) is 23.7. The molecule has 0 radical (unpaired) electrons. The van der Waals surface area contributed by atoms with Crippen molar-refractivity contribution in [1.82, 2.24) is 4.98 Å². The highest BCUT2D eigenvalue weighted by atomic mass is 35.5. The number of amides is 1. The number of aromatic nitrogens is 1. The van der Waals surface area contributed by atoms with Crippen LogP contribution < -0.4 is 28.4 Å². The predicted octanol–water partition coefficient (Wildman–Crippen LogP) is 0.795. The summed E-state index contributed by atoms with van der Waals surface area (Å²) in [5.41, 5.74) is 5.75. The van der Waals surface area contributed by atoms with E-state index in [9.17, 15) is 4.79 Å². The number of rotatable bonds is 7. The van der Waals surface area contributed by atoms with Gasteiger partial charge in [0, 0.05) is 6.54 Å². The Morgan fingerprint density at radius 3 is 2.39 bits per heavy atom. The molecule has 0 aliphatic rings. The van der Waals surface area contributed by atoms with E-state index in [0.717, 1.165) is 11.6 Å². The first-order chi connectivity index (χ1) is 12.8. The third-order valence-electron chi connectivity index (χ3n) is 4.21. The van der Waals surface area contributed by atoms with E-state index in [2.05, 4.69) is 62.4 Å². The average Bonchev–Trinajstić information content (AvgIpc) is 2.55. The molecule has 0 fully saturated rings. The van der Waals surface area contributed by atoms with Gasteiger partial charge in [0.15, 0.2) is 0 Å². The van der Waals surface area contributed by atoms with Crippen LogP contribution in [0, 0.1) is 20.8 Å². The maximum Gasteiger partial charge on any atom is 0.411 e. The van der Waals surface area contributed by atoms with E-state index in [1.165, 1.54) is 22.3 Å². The quantitative estimate of drug-likeness (QED) is 0.635. The maximum atomic E-state index is 11.8. The molecule has 0 unspecified atom stereocenters. The van der Waals surface area contributed by atoms with Crippen LogP contribution in [-0.4, -0.2) is 23.7 Å². The molecule has 1 amide bonds. The molecule has 1 aromatic heterocycles. The van der Waals surface area contributed by atoms with Crippen LogP contribution in [0.2, 0.25) is 0 Å². The van der Waals surface area contributed by atoms with Crippen molar-refractivity contribution in [2.75, 3.05) is 17.2 Å². The minimum absolute atomic E-state index is 0. The summed E-state index contributed by atoms with van der Waals surface area (Å²) >= 11 is 0. The Balaban J connectivity index is 0.00000392. The van der Waals surface area contributed by atoms with E-state index >= 15 is 0 Å². The molecular weight excluding hydrogens is 376 g/mol. The fourth-order valence-corrected chi connectivity index (χ4v) is 3.07. The molecule has 0 spiro atoms. The smallest absolute Gasteiger partial charge is 0.411 e. The summed E-state index contributed by atoms with van der Waals surface area (Å²) in [6.45, 7) is 13.4. The molecule has 0 aliphatic carbocycles. The number of hydrogen-bond donors (Lipinski definition) is 3. The molecule has 2 aromatic rings. The zero-order valence-electron chi connectivity index (χ0n) is 17.5. The van der Waals surface area contributed by atoms with Gasteiger partial charge in [0.05, 0.1) is 12.6 Å². The third-order valence-corrected chi connectivity index (χ3v) is 4.21. The molecule has 0 saturated carbocycles. The second-order valence-corrected chi connectivity index (χ2v) is 7.12. The van der Waals surface area contributed by atoms with E-state index < -0.39 is 6.09 Å². The molecule has 154 valence electrons. The van der Waals surface area contributed by atoms with Crippen molar-refractivity contribution in [3.8, 4) is 0 Å². The van der Waals surface area contributed by atoms with Crippen LogP contribution >= 0.6 is 0 Å². The van der Waals surface area contributed by atoms with Gasteiger partial charge in [-0.2, -0.15) is 4.98 Å². The van der Waals surface area contributed by atoms with Crippen molar-refractivity contribution >= 4 is 23.4 Å². The first-order valence-corrected chi connectivity index (χ1v) is 9.40. The van der Waals surface area contributed by atoms with Crippen LogP contribution in [0.3, 0.4) is 0 Å². The number of nitrogens with two attached hydrogens (primary N) is 1. The van der Waals surface area contributed by atoms with Gasteiger partial charge >= 0.3 is 6.09 Å². The van der Waals surface area contributed by atoms with Crippen molar-refractivity contribution in [3.63, 3.8) is 0 Å². The van der Waals surface area contributed by atoms with Crippen LogP contribution in [0.25, 0.3) is 0 Å². The molecule has 2 rings (SSSR count). The lowest BCUT2D eigenvalue weighted by atomic mass is 10.00. The largest absolute Gasteiger partial charge is 1.00 e. The van der Waals surface area contributed by atoms with Gasteiger partial charge in [-0.25, -0.2) is 4.79 Å². The normalized spacial score (nSPS) is 10.4. The Morgan fingerprint density at radius 1 is 1.18 bits per heavy atom. The van der Waals surface area contributed by atoms with Gasteiger partial charge in [-0.1, -0.05) is 17.7 Å². The van der Waals surface area contributed by atoms with Crippen LogP contribution in [-0.2, 0) is 11.3 Å². The molecule has 1 aromatic carbocycles. The highest BCUT2D eigenvalue weighted by Crippen LogP contribution is 2.21. The average molecular weight is 407 g/mol. The molecular formula is C21H31ClN4O2. The van der Waals surface area contributed by atoms with Crippen LogP contribution in [0.4, 0.5) is 22.1 Å². The Bertz CT molecular complexity index is 786. The summed E-state index contributed by atoms with van der Waals surface area (Å²) < 4.78 is 4.97. The standard InChI is InChI=1S/C21H30N4O2.ClH/c1-7-27-21(26)24-18-8-9-19(25-20(18)23-13(2)3)22-12-17-15(5)10-14(4)11-16(17)6;/h8-11,13H,7,12H2,1-6H3,(H,24,26)(H2,22,23,25);1H. The lowest BCUT2D eigenvalue weighted by Crippen LogP contribution is -3.00.